The summed E-state index contributed by atoms with van der Waals surface area (Å²) >= 11 is 18.5. The third-order valence-corrected chi connectivity index (χ3v) is 8.25. The van der Waals surface area contributed by atoms with Gasteiger partial charge in [-0.25, -0.2) is 4.52 Å². The van der Waals surface area contributed by atoms with Gasteiger partial charge >= 0.3 is 14.1 Å². The lowest BCUT2D eigenvalue weighted by Gasteiger charge is -2.31. The SMILES string of the molecule is COC(=O)[C@H](C)N[P+](=O)Oc1ccc(Cl)cc1C1CC(NC(=O)c2[nH]ncc2NC(=O)c2c(Cl)cccc2Cl)CCN1. The van der Waals surface area contributed by atoms with Crippen molar-refractivity contribution in [3.8, 4) is 5.75 Å². The van der Waals surface area contributed by atoms with Crippen molar-refractivity contribution in [3.05, 3.63) is 74.5 Å². The van der Waals surface area contributed by atoms with E-state index < -0.39 is 32.0 Å². The molecule has 4 atom stereocenters. The smallest absolute Gasteiger partial charge is 0.468 e. The number of piperidine rings is 1. The number of nitrogens with zero attached hydrogens (tertiary/aromatic N) is 1. The molecule has 2 aromatic carbocycles. The normalized spacial score (nSPS) is 17.6. The Balaban J connectivity index is 1.43. The first-order valence-electron chi connectivity index (χ1n) is 12.7. The molecule has 1 aliphatic heterocycles. The number of nitrogens with one attached hydrogen (secondary N) is 5. The number of anilines is 1. The second-order valence-corrected chi connectivity index (χ2v) is 11.5. The molecule has 1 saturated heterocycles. The molecule has 0 aliphatic carbocycles. The fourth-order valence-electron chi connectivity index (χ4n) is 4.37. The number of aromatic nitrogens is 2. The van der Waals surface area contributed by atoms with Crippen LogP contribution >= 0.6 is 43.0 Å². The van der Waals surface area contributed by atoms with Crippen LogP contribution in [0.4, 0.5) is 5.69 Å². The molecule has 222 valence electrons. The molecule has 5 N–H and O–H groups in total. The minimum absolute atomic E-state index is 0.0520. The monoisotopic (exact) mass is 655 g/mol. The van der Waals surface area contributed by atoms with Crippen LogP contribution in [0.2, 0.25) is 15.1 Å². The van der Waals surface area contributed by atoms with Gasteiger partial charge in [-0.15, -0.1) is 0 Å². The minimum atomic E-state index is -2.47. The highest BCUT2D eigenvalue weighted by molar-refractivity contribution is 7.37. The third kappa shape index (κ3) is 7.77. The average molecular weight is 657 g/mol. The number of ether oxygens (including phenoxy) is 1. The van der Waals surface area contributed by atoms with Gasteiger partial charge in [0.15, 0.2) is 5.75 Å². The lowest BCUT2D eigenvalue weighted by molar-refractivity contribution is -0.142. The van der Waals surface area contributed by atoms with Gasteiger partial charge < -0.3 is 20.7 Å². The number of H-pyrrole nitrogens is 1. The van der Waals surface area contributed by atoms with Crippen LogP contribution in [-0.4, -0.2) is 53.7 Å². The number of hydrogen-bond donors (Lipinski definition) is 5. The second-order valence-electron chi connectivity index (χ2n) is 9.32. The van der Waals surface area contributed by atoms with Crippen molar-refractivity contribution in [1.29, 1.82) is 0 Å². The zero-order chi connectivity index (χ0) is 30.4. The molecule has 0 spiro atoms. The van der Waals surface area contributed by atoms with Gasteiger partial charge in [-0.2, -0.15) is 5.10 Å². The number of halogens is 3. The average Bonchev–Trinajstić information content (AvgIpc) is 3.41. The summed E-state index contributed by atoms with van der Waals surface area (Å²) in [5.41, 5.74) is 0.910. The van der Waals surface area contributed by atoms with Gasteiger partial charge in [-0.05, 0) is 56.6 Å². The van der Waals surface area contributed by atoms with E-state index in [1.165, 1.54) is 32.4 Å². The Morgan fingerprint density at radius 2 is 1.86 bits per heavy atom. The maximum Gasteiger partial charge on any atom is 0.664 e. The van der Waals surface area contributed by atoms with Crippen molar-refractivity contribution in [2.45, 2.75) is 37.9 Å². The molecule has 3 unspecified atom stereocenters. The molecule has 1 aromatic heterocycles. The highest BCUT2D eigenvalue weighted by atomic mass is 35.5. The number of aromatic amines is 1. The number of carbonyl (C=O) groups excluding carboxylic acids is 3. The molecular weight excluding hydrogens is 630 g/mol. The molecule has 0 saturated carbocycles. The molecule has 1 fully saturated rings. The summed E-state index contributed by atoms with van der Waals surface area (Å²) in [4.78, 5) is 37.7. The van der Waals surface area contributed by atoms with Crippen LogP contribution < -0.4 is 25.6 Å². The van der Waals surface area contributed by atoms with Crippen LogP contribution in [0.5, 0.6) is 5.75 Å². The maximum atomic E-state index is 13.2. The lowest BCUT2D eigenvalue weighted by Crippen LogP contribution is -2.44. The Hall–Kier alpha value is -3.25. The van der Waals surface area contributed by atoms with Gasteiger partial charge in [0.1, 0.15) is 11.7 Å². The van der Waals surface area contributed by atoms with E-state index in [0.717, 1.165) is 0 Å². The first kappa shape index (κ1) is 31.7. The van der Waals surface area contributed by atoms with Gasteiger partial charge in [0.2, 0.25) is 0 Å². The number of benzene rings is 2. The molecule has 2 heterocycles. The summed E-state index contributed by atoms with van der Waals surface area (Å²) in [6.07, 6.45) is 2.36. The van der Waals surface area contributed by atoms with E-state index >= 15 is 0 Å². The summed E-state index contributed by atoms with van der Waals surface area (Å²) in [6.45, 7) is 2.05. The first-order chi connectivity index (χ1) is 20.1. The number of methoxy groups -OCH3 is 1. The van der Waals surface area contributed by atoms with Crippen molar-refractivity contribution in [2.24, 2.45) is 0 Å². The molecule has 0 radical (unpaired) electrons. The Kier molecular flexibility index (Phi) is 10.8. The first-order valence-corrected chi connectivity index (χ1v) is 15.0. The molecule has 4 rings (SSSR count). The Morgan fingerprint density at radius 1 is 1.12 bits per heavy atom. The number of carbonyl (C=O) groups is 3. The van der Waals surface area contributed by atoms with Gasteiger partial charge in [0, 0.05) is 27.2 Å². The van der Waals surface area contributed by atoms with E-state index in [0.29, 0.717) is 35.7 Å². The Morgan fingerprint density at radius 3 is 2.57 bits per heavy atom. The molecule has 12 nitrogen and oxygen atoms in total. The van der Waals surface area contributed by atoms with Crippen LogP contribution in [-0.2, 0) is 14.1 Å². The topological polar surface area (TPSA) is 164 Å². The molecule has 42 heavy (non-hydrogen) atoms. The van der Waals surface area contributed by atoms with Gasteiger partial charge in [-0.3, -0.25) is 19.5 Å². The van der Waals surface area contributed by atoms with Crippen molar-refractivity contribution < 1.29 is 28.2 Å². The summed E-state index contributed by atoms with van der Waals surface area (Å²) in [7, 11) is -1.24. The summed E-state index contributed by atoms with van der Waals surface area (Å²) < 4.78 is 22.9. The van der Waals surface area contributed by atoms with E-state index in [9.17, 15) is 18.9 Å². The molecule has 3 aromatic rings. The van der Waals surface area contributed by atoms with Crippen LogP contribution in [0.25, 0.3) is 0 Å². The predicted molar refractivity (Wildman–Crippen MR) is 159 cm³/mol. The van der Waals surface area contributed by atoms with Crippen molar-refractivity contribution >= 4 is 66.5 Å². The Bertz CT molecular complexity index is 1480. The lowest BCUT2D eigenvalue weighted by atomic mass is 9.93. The van der Waals surface area contributed by atoms with Crippen LogP contribution in [0.15, 0.2) is 42.6 Å². The number of amides is 2. The van der Waals surface area contributed by atoms with Crippen LogP contribution in [0.1, 0.15) is 52.2 Å². The number of esters is 1. The van der Waals surface area contributed by atoms with E-state index in [-0.39, 0.29) is 39.1 Å². The fraction of sp³-hybridized carbons (Fsp3) is 0.308. The summed E-state index contributed by atoms with van der Waals surface area (Å²) in [5, 5.41) is 18.8. The van der Waals surface area contributed by atoms with E-state index in [1.807, 2.05) is 0 Å². The van der Waals surface area contributed by atoms with Crippen LogP contribution in [0.3, 0.4) is 0 Å². The Labute approximate surface area is 257 Å². The highest BCUT2D eigenvalue weighted by Crippen LogP contribution is 2.37. The van der Waals surface area contributed by atoms with Crippen molar-refractivity contribution in [2.75, 3.05) is 19.0 Å². The zero-order valence-corrected chi connectivity index (χ0v) is 25.5. The van der Waals surface area contributed by atoms with E-state index in [4.69, 9.17) is 39.3 Å². The quantitative estimate of drug-likeness (QED) is 0.149. The maximum absolute atomic E-state index is 13.2. The molecule has 0 bridgehead atoms. The second kappa shape index (κ2) is 14.3. The zero-order valence-electron chi connectivity index (χ0n) is 22.4. The molecule has 1 aliphatic rings. The van der Waals surface area contributed by atoms with Gasteiger partial charge in [0.05, 0.1) is 34.6 Å². The van der Waals surface area contributed by atoms with Crippen LogP contribution in [0, 0.1) is 0 Å². The fourth-order valence-corrected chi connectivity index (χ4v) is 5.94. The summed E-state index contributed by atoms with van der Waals surface area (Å²) in [5.74, 6) is -1.36. The van der Waals surface area contributed by atoms with Crippen molar-refractivity contribution in [1.82, 2.24) is 25.9 Å². The minimum Gasteiger partial charge on any atom is -0.468 e. The number of hydrogen-bond acceptors (Lipinski definition) is 8. The predicted octanol–water partition coefficient (Wildman–Crippen LogP) is 5.03. The number of rotatable bonds is 10. The molecular formula is C26H27Cl3N6O6P+. The molecule has 2 amide bonds. The van der Waals surface area contributed by atoms with E-state index in [1.54, 1.807) is 24.3 Å². The standard InChI is InChI=1S/C26H26Cl3N6O6P/c1-13(26(38)40-2)35-42(39)41-21-7-6-14(27)10-16(21)19-11-15(8-9-30-19)32-25(37)23-20(12-31-34-23)33-24(36)22-17(28)4-3-5-18(22)29/h3-7,10,12-13,15,19,30H,8-9,11H2,1-2H3,(H3-,31,32,33,34,35,36,37,39)/p+1/t13-,15?,19?/m0/s1. The highest BCUT2D eigenvalue weighted by Gasteiger charge is 2.32. The summed E-state index contributed by atoms with van der Waals surface area (Å²) in [6, 6.07) is 8.11. The largest absolute Gasteiger partial charge is 0.664 e. The van der Waals surface area contributed by atoms with Gasteiger partial charge in [-0.1, -0.05) is 46.0 Å². The molecule has 16 heteroatoms. The van der Waals surface area contributed by atoms with E-state index in [2.05, 4.69) is 36.0 Å². The van der Waals surface area contributed by atoms with Gasteiger partial charge in [0.25, 0.3) is 11.8 Å². The third-order valence-electron chi connectivity index (χ3n) is 6.43. The van der Waals surface area contributed by atoms with Crippen molar-refractivity contribution in [3.63, 3.8) is 0 Å².